The van der Waals surface area contributed by atoms with E-state index in [4.69, 9.17) is 27.9 Å². The molecule has 56 valence electrons. The van der Waals surface area contributed by atoms with Crippen LogP contribution in [0.3, 0.4) is 0 Å². The second kappa shape index (κ2) is 7.25. The van der Waals surface area contributed by atoms with Gasteiger partial charge in [-0.05, 0) is 31.6 Å². The minimum atomic E-state index is -1.92. The van der Waals surface area contributed by atoms with Crippen LogP contribution in [-0.4, -0.2) is 0 Å². The normalized spacial score (nSPS) is 18.0. The van der Waals surface area contributed by atoms with Gasteiger partial charge in [-0.1, -0.05) is 6.92 Å². The number of hydrogen-bond donors (Lipinski definition) is 0. The molecule has 0 amide bonds. The fourth-order valence-corrected chi connectivity index (χ4v) is 0.470. The molecular formula is C6H7Cl3Ti. The average molecular weight is 233 g/mol. The maximum atomic E-state index is 4.97. The van der Waals surface area contributed by atoms with Gasteiger partial charge in [-0.15, -0.1) is 0 Å². The van der Waals surface area contributed by atoms with E-state index in [0.29, 0.717) is 0 Å². The van der Waals surface area contributed by atoms with Crippen molar-refractivity contribution in [1.29, 1.82) is 0 Å². The Morgan fingerprint density at radius 2 is 1.40 bits per heavy atom. The van der Waals surface area contributed by atoms with Gasteiger partial charge in [0.2, 0.25) is 0 Å². The van der Waals surface area contributed by atoms with E-state index in [-0.39, 0.29) is 0 Å². The van der Waals surface area contributed by atoms with Crippen LogP contribution in [-0.2, 0) is 14.7 Å². The van der Waals surface area contributed by atoms with E-state index < -0.39 is 14.7 Å². The quantitative estimate of drug-likeness (QED) is 0.562. The second-order valence-electron chi connectivity index (χ2n) is 1.68. The summed E-state index contributed by atoms with van der Waals surface area (Å²) in [6.45, 7) is 2.08. The van der Waals surface area contributed by atoms with Crippen molar-refractivity contribution < 1.29 is 14.7 Å². The first-order valence-electron chi connectivity index (χ1n) is 2.64. The molecule has 1 fully saturated rings. The van der Waals surface area contributed by atoms with Gasteiger partial charge in [0.1, 0.15) is 0 Å². The van der Waals surface area contributed by atoms with Crippen LogP contribution in [0.25, 0.3) is 0 Å². The van der Waals surface area contributed by atoms with Crippen LogP contribution >= 0.6 is 27.9 Å². The predicted octanol–water partition coefficient (Wildman–Crippen LogP) is 3.48. The van der Waals surface area contributed by atoms with Gasteiger partial charge in [0.15, 0.2) is 0 Å². The van der Waals surface area contributed by atoms with Gasteiger partial charge in [-0.3, -0.25) is 0 Å². The van der Waals surface area contributed by atoms with Crippen LogP contribution in [0.4, 0.5) is 0 Å². The van der Waals surface area contributed by atoms with Crippen molar-refractivity contribution in [2.45, 2.75) is 6.92 Å². The molecule has 0 unspecified atom stereocenters. The first-order valence-corrected chi connectivity index (χ1v) is 9.09. The summed E-state index contributed by atoms with van der Waals surface area (Å²) < 4.78 is 0. The van der Waals surface area contributed by atoms with Crippen molar-refractivity contribution in [2.24, 2.45) is 0 Å². The van der Waals surface area contributed by atoms with Gasteiger partial charge in [-0.25, -0.2) is 0 Å². The van der Waals surface area contributed by atoms with Crippen molar-refractivity contribution in [1.82, 2.24) is 0 Å². The molecule has 0 aromatic heterocycles. The Morgan fingerprint density at radius 3 is 1.50 bits per heavy atom. The van der Waals surface area contributed by atoms with Gasteiger partial charge < -0.3 is 0 Å². The van der Waals surface area contributed by atoms with Crippen LogP contribution in [0.5, 0.6) is 0 Å². The molecule has 4 heteroatoms. The van der Waals surface area contributed by atoms with Crippen molar-refractivity contribution in [3.8, 4) is 0 Å². The SMILES string of the molecule is C[C]1[CH][CH][CH][CH]1.[Cl][Ti]([Cl])[Cl]. The van der Waals surface area contributed by atoms with E-state index >= 15 is 0 Å². The Hall–Kier alpha value is 1.58. The zero-order valence-electron chi connectivity index (χ0n) is 5.44. The van der Waals surface area contributed by atoms with E-state index in [1.807, 2.05) is 12.8 Å². The van der Waals surface area contributed by atoms with Gasteiger partial charge in [0, 0.05) is 0 Å². The van der Waals surface area contributed by atoms with E-state index in [2.05, 4.69) is 19.8 Å². The van der Waals surface area contributed by atoms with E-state index in [9.17, 15) is 0 Å². The van der Waals surface area contributed by atoms with Crippen LogP contribution in [0, 0.1) is 31.6 Å². The zero-order chi connectivity index (χ0) is 7.98. The molecule has 0 heterocycles. The fraction of sp³-hybridized carbons (Fsp3) is 0.167. The summed E-state index contributed by atoms with van der Waals surface area (Å²) >= 11 is -1.92. The molecule has 0 bridgehead atoms. The van der Waals surface area contributed by atoms with Crippen LogP contribution in [0.1, 0.15) is 6.92 Å². The van der Waals surface area contributed by atoms with Crippen molar-refractivity contribution in [3.63, 3.8) is 0 Å². The first kappa shape index (κ1) is 11.6. The Bertz CT molecular complexity index is 68.6. The maximum absolute atomic E-state index is 4.97. The fourth-order valence-electron chi connectivity index (χ4n) is 0.470. The predicted molar refractivity (Wildman–Crippen MR) is 43.7 cm³/mol. The van der Waals surface area contributed by atoms with Gasteiger partial charge in [-0.2, -0.15) is 0 Å². The number of hydrogen-bond acceptors (Lipinski definition) is 0. The third kappa shape index (κ3) is 9.58. The summed E-state index contributed by atoms with van der Waals surface area (Å²) in [7, 11) is 14.9. The Labute approximate surface area is 80.7 Å². The van der Waals surface area contributed by atoms with Crippen LogP contribution in [0.15, 0.2) is 0 Å². The third-order valence-electron chi connectivity index (χ3n) is 0.829. The standard InChI is InChI=1S/C6H7.3ClH.Ti/c1-6-4-2-3-5-6;;;;/h2-5H,1H3;3*1H;/q;;;;+3/p-3. The molecule has 0 aromatic carbocycles. The third-order valence-corrected chi connectivity index (χ3v) is 0.829. The van der Waals surface area contributed by atoms with E-state index in [1.165, 1.54) is 5.92 Å². The molecular weight excluding hydrogens is 226 g/mol. The summed E-state index contributed by atoms with van der Waals surface area (Å²) in [6.07, 6.45) is 8.24. The first-order chi connectivity index (χ1) is 4.63. The molecule has 1 aliphatic carbocycles. The van der Waals surface area contributed by atoms with E-state index in [0.717, 1.165) is 0 Å². The van der Waals surface area contributed by atoms with E-state index in [1.54, 1.807) is 0 Å². The van der Waals surface area contributed by atoms with Crippen LogP contribution in [0.2, 0.25) is 0 Å². The Balaban J connectivity index is 0.000000180. The van der Waals surface area contributed by atoms with Crippen molar-refractivity contribution in [3.05, 3.63) is 31.6 Å². The molecule has 0 saturated heterocycles. The number of halogens is 3. The summed E-state index contributed by atoms with van der Waals surface area (Å²) in [6, 6.07) is 0. The summed E-state index contributed by atoms with van der Waals surface area (Å²) in [5.41, 5.74) is 0. The minimum absolute atomic E-state index is 1.34. The molecule has 0 aliphatic heterocycles. The van der Waals surface area contributed by atoms with Crippen molar-refractivity contribution in [2.75, 3.05) is 0 Å². The molecule has 0 aromatic rings. The molecule has 0 atom stereocenters. The van der Waals surface area contributed by atoms with Crippen molar-refractivity contribution >= 4 is 27.9 Å². The molecule has 0 N–H and O–H groups in total. The van der Waals surface area contributed by atoms with Crippen LogP contribution < -0.4 is 0 Å². The molecule has 0 spiro atoms. The molecule has 1 rings (SSSR count). The topological polar surface area (TPSA) is 0 Å². The van der Waals surface area contributed by atoms with Gasteiger partial charge >= 0.3 is 42.6 Å². The zero-order valence-corrected chi connectivity index (χ0v) is 9.27. The summed E-state index contributed by atoms with van der Waals surface area (Å²) in [4.78, 5) is 0. The van der Waals surface area contributed by atoms with Gasteiger partial charge in [0.05, 0.1) is 0 Å². The molecule has 5 radical (unpaired) electrons. The summed E-state index contributed by atoms with van der Waals surface area (Å²) in [5, 5.41) is 0. The van der Waals surface area contributed by atoms with Gasteiger partial charge in [0.25, 0.3) is 0 Å². The summed E-state index contributed by atoms with van der Waals surface area (Å²) in [5.74, 6) is 1.34. The molecule has 1 aliphatic rings. The monoisotopic (exact) mass is 232 g/mol. The average Bonchev–Trinajstić information content (AvgIpc) is 2.15. The molecule has 0 nitrogen and oxygen atoms in total. The Kier molecular flexibility index (Phi) is 8.39. The number of rotatable bonds is 0. The molecule has 10 heavy (non-hydrogen) atoms. The molecule has 1 saturated carbocycles. The Morgan fingerprint density at radius 1 is 1.10 bits per heavy atom. The second-order valence-corrected chi connectivity index (χ2v) is 9.41.